The third-order valence-electron chi connectivity index (χ3n) is 4.00. The first kappa shape index (κ1) is 15.8. The van der Waals surface area contributed by atoms with E-state index < -0.39 is 0 Å². The van der Waals surface area contributed by atoms with Gasteiger partial charge in [-0.1, -0.05) is 30.0 Å². The van der Waals surface area contributed by atoms with Gasteiger partial charge in [-0.25, -0.2) is 4.98 Å². The summed E-state index contributed by atoms with van der Waals surface area (Å²) in [5, 5.41) is 10.7. The number of thioether (sulfide) groups is 1. The second-order valence-corrected chi connectivity index (χ2v) is 6.85. The van der Waals surface area contributed by atoms with Crippen LogP contribution in [-0.4, -0.2) is 30.7 Å². The zero-order chi connectivity index (χ0) is 16.6. The van der Waals surface area contributed by atoms with E-state index in [1.165, 1.54) is 11.8 Å². The van der Waals surface area contributed by atoms with Gasteiger partial charge in [-0.15, -0.1) is 0 Å². The van der Waals surface area contributed by atoms with E-state index in [1.807, 2.05) is 49.7 Å². The van der Waals surface area contributed by atoms with Gasteiger partial charge in [0.25, 0.3) is 0 Å². The Bertz CT molecular complexity index is 866. The van der Waals surface area contributed by atoms with Gasteiger partial charge in [0.05, 0.1) is 23.7 Å². The summed E-state index contributed by atoms with van der Waals surface area (Å²) in [5.41, 5.74) is 3.34. The molecule has 120 valence electrons. The number of para-hydroxylation sites is 1. The Morgan fingerprint density at radius 3 is 2.87 bits per heavy atom. The fourth-order valence-electron chi connectivity index (χ4n) is 2.69. The molecule has 0 saturated carbocycles. The van der Waals surface area contributed by atoms with E-state index in [2.05, 4.69) is 9.97 Å². The number of ketones is 1. The number of imidazole rings is 1. The summed E-state index contributed by atoms with van der Waals surface area (Å²) in [6.07, 6.45) is 1.64. The number of fused-ring (bicyclic) bond motifs is 1. The third-order valence-corrected chi connectivity index (χ3v) is 5.15. The average molecular weight is 329 g/mol. The molecule has 3 aromatic rings. The summed E-state index contributed by atoms with van der Waals surface area (Å²) in [5.74, 6) is 0.0819. The fourth-order valence-corrected chi connectivity index (χ4v) is 3.62. The number of H-pyrrole nitrogens is 1. The molecular formula is C17H19N3O2S. The Morgan fingerprint density at radius 2 is 2.17 bits per heavy atom. The van der Waals surface area contributed by atoms with E-state index in [1.54, 1.807) is 6.20 Å². The number of aryl methyl sites for hydroxylation is 1. The maximum Gasteiger partial charge on any atom is 0.178 e. The van der Waals surface area contributed by atoms with Crippen molar-refractivity contribution in [2.75, 3.05) is 0 Å². The number of Topliss-reactive ketones (excluding diaryl/α,β-unsaturated/α-hetero) is 1. The van der Waals surface area contributed by atoms with Crippen LogP contribution < -0.4 is 0 Å². The molecule has 5 nitrogen and oxygen atoms in total. The number of hydrogen-bond acceptors (Lipinski definition) is 4. The minimum absolute atomic E-state index is 0.0616. The van der Waals surface area contributed by atoms with Crippen LogP contribution in [0.4, 0.5) is 0 Å². The number of aromatic amines is 1. The van der Waals surface area contributed by atoms with Crippen molar-refractivity contribution in [2.45, 2.75) is 30.9 Å². The molecule has 0 fully saturated rings. The molecule has 23 heavy (non-hydrogen) atoms. The van der Waals surface area contributed by atoms with Crippen LogP contribution >= 0.6 is 11.8 Å². The van der Waals surface area contributed by atoms with Crippen LogP contribution in [0.25, 0.3) is 10.9 Å². The maximum absolute atomic E-state index is 12.9. The number of aromatic nitrogens is 3. The number of hydrogen-bond donors (Lipinski definition) is 2. The number of aliphatic hydroxyl groups excluding tert-OH is 1. The lowest BCUT2D eigenvalue weighted by molar-refractivity contribution is 0.0995. The summed E-state index contributed by atoms with van der Waals surface area (Å²) < 4.78 is 1.82. The van der Waals surface area contributed by atoms with Crippen molar-refractivity contribution in [2.24, 2.45) is 7.05 Å². The SMILES string of the molecule is Cc1[nH]c2ccccc2c1C(=O)C(C)Sc1ncc(CO)n1C. The summed E-state index contributed by atoms with van der Waals surface area (Å²) in [7, 11) is 1.84. The standard InChI is InChI=1S/C17H19N3O2S/c1-10-15(13-6-4-5-7-14(13)19-10)16(22)11(2)23-17-18-8-12(9-21)20(17)3/h4-8,11,19,21H,9H2,1-3H3. The highest BCUT2D eigenvalue weighted by Gasteiger charge is 2.23. The lowest BCUT2D eigenvalue weighted by Gasteiger charge is -2.11. The van der Waals surface area contributed by atoms with Gasteiger partial charge in [0.2, 0.25) is 0 Å². The summed E-state index contributed by atoms with van der Waals surface area (Å²) in [4.78, 5) is 20.5. The molecule has 3 rings (SSSR count). The van der Waals surface area contributed by atoms with Crippen molar-refractivity contribution in [3.8, 4) is 0 Å². The molecule has 0 aliphatic heterocycles. The van der Waals surface area contributed by atoms with Crippen molar-refractivity contribution >= 4 is 28.4 Å². The fraction of sp³-hybridized carbons (Fsp3) is 0.294. The predicted molar refractivity (Wildman–Crippen MR) is 91.8 cm³/mol. The number of nitrogens with one attached hydrogen (secondary N) is 1. The molecule has 0 bridgehead atoms. The molecular weight excluding hydrogens is 310 g/mol. The Balaban J connectivity index is 1.89. The number of carbonyl (C=O) groups excluding carboxylic acids is 1. The molecule has 6 heteroatoms. The second-order valence-electron chi connectivity index (χ2n) is 5.54. The Kier molecular flexibility index (Phi) is 4.28. The Hall–Kier alpha value is -2.05. The van der Waals surface area contributed by atoms with Crippen molar-refractivity contribution < 1.29 is 9.90 Å². The molecule has 1 aromatic carbocycles. The Morgan fingerprint density at radius 1 is 1.43 bits per heavy atom. The number of aliphatic hydroxyl groups is 1. The van der Waals surface area contributed by atoms with Crippen LogP contribution in [0.3, 0.4) is 0 Å². The third kappa shape index (κ3) is 2.80. The van der Waals surface area contributed by atoms with Crippen molar-refractivity contribution in [3.63, 3.8) is 0 Å². The number of rotatable bonds is 5. The number of nitrogens with zero attached hydrogens (tertiary/aromatic N) is 2. The molecule has 0 amide bonds. The molecule has 2 heterocycles. The molecule has 2 N–H and O–H groups in total. The highest BCUT2D eigenvalue weighted by Crippen LogP contribution is 2.29. The van der Waals surface area contributed by atoms with Crippen LogP contribution in [0.15, 0.2) is 35.6 Å². The predicted octanol–water partition coefficient (Wildman–Crippen LogP) is 3.07. The van der Waals surface area contributed by atoms with Gasteiger partial charge in [-0.3, -0.25) is 4.79 Å². The first-order valence-corrected chi connectivity index (χ1v) is 8.30. The molecule has 0 spiro atoms. The van der Waals surface area contributed by atoms with Gasteiger partial charge >= 0.3 is 0 Å². The van der Waals surface area contributed by atoms with Gasteiger partial charge in [0, 0.05) is 29.2 Å². The van der Waals surface area contributed by atoms with E-state index >= 15 is 0 Å². The monoisotopic (exact) mass is 329 g/mol. The summed E-state index contributed by atoms with van der Waals surface area (Å²) >= 11 is 1.41. The van der Waals surface area contributed by atoms with E-state index in [-0.39, 0.29) is 17.6 Å². The van der Waals surface area contributed by atoms with Crippen LogP contribution in [-0.2, 0) is 13.7 Å². The zero-order valence-corrected chi connectivity index (χ0v) is 14.1. The van der Waals surface area contributed by atoms with Gasteiger partial charge in [0.1, 0.15) is 0 Å². The van der Waals surface area contributed by atoms with Crippen molar-refractivity contribution in [3.05, 3.63) is 47.4 Å². The Labute approximate surface area is 138 Å². The van der Waals surface area contributed by atoms with Crippen LogP contribution in [0.1, 0.15) is 28.7 Å². The van der Waals surface area contributed by atoms with E-state index in [4.69, 9.17) is 0 Å². The van der Waals surface area contributed by atoms with Gasteiger partial charge in [-0.2, -0.15) is 0 Å². The normalized spacial score (nSPS) is 12.7. The summed E-state index contributed by atoms with van der Waals surface area (Å²) in [6, 6.07) is 7.84. The minimum atomic E-state index is -0.263. The van der Waals surface area contributed by atoms with Crippen LogP contribution in [0, 0.1) is 6.92 Å². The molecule has 0 aliphatic carbocycles. The van der Waals surface area contributed by atoms with E-state index in [0.29, 0.717) is 0 Å². The summed E-state index contributed by atoms with van der Waals surface area (Å²) in [6.45, 7) is 3.75. The highest BCUT2D eigenvalue weighted by atomic mass is 32.2. The lowest BCUT2D eigenvalue weighted by atomic mass is 10.1. The molecule has 1 unspecified atom stereocenters. The van der Waals surface area contributed by atoms with Gasteiger partial charge in [-0.05, 0) is 19.9 Å². The first-order chi connectivity index (χ1) is 11.0. The number of carbonyl (C=O) groups is 1. The maximum atomic E-state index is 12.9. The van der Waals surface area contributed by atoms with Gasteiger partial charge in [0.15, 0.2) is 10.9 Å². The van der Waals surface area contributed by atoms with Crippen LogP contribution in [0.5, 0.6) is 0 Å². The zero-order valence-electron chi connectivity index (χ0n) is 13.3. The number of benzene rings is 1. The highest BCUT2D eigenvalue weighted by molar-refractivity contribution is 8.00. The van der Waals surface area contributed by atoms with E-state index in [0.717, 1.165) is 33.0 Å². The first-order valence-electron chi connectivity index (χ1n) is 7.42. The topological polar surface area (TPSA) is 70.9 Å². The molecule has 2 aromatic heterocycles. The molecule has 0 aliphatic rings. The lowest BCUT2D eigenvalue weighted by Crippen LogP contribution is -2.15. The average Bonchev–Trinajstić information content (AvgIpc) is 3.06. The molecule has 1 atom stereocenters. The van der Waals surface area contributed by atoms with Crippen molar-refractivity contribution in [1.82, 2.24) is 14.5 Å². The van der Waals surface area contributed by atoms with Crippen LogP contribution in [0.2, 0.25) is 0 Å². The quantitative estimate of drug-likeness (QED) is 0.557. The largest absolute Gasteiger partial charge is 0.390 e. The van der Waals surface area contributed by atoms with Gasteiger partial charge < -0.3 is 14.7 Å². The van der Waals surface area contributed by atoms with Crippen molar-refractivity contribution in [1.29, 1.82) is 0 Å². The minimum Gasteiger partial charge on any atom is -0.390 e. The molecule has 0 saturated heterocycles. The van der Waals surface area contributed by atoms with E-state index in [9.17, 15) is 9.90 Å². The molecule has 0 radical (unpaired) electrons. The second kappa shape index (κ2) is 6.22. The smallest absolute Gasteiger partial charge is 0.178 e.